The van der Waals surface area contributed by atoms with Gasteiger partial charge in [-0.25, -0.2) is 4.98 Å². The van der Waals surface area contributed by atoms with Crippen LogP contribution in [0.4, 0.5) is 13.2 Å². The Morgan fingerprint density at radius 1 is 1.10 bits per heavy atom. The number of nitrogens with zero attached hydrogens (tertiary/aromatic N) is 2. The molecule has 1 saturated carbocycles. The third-order valence-electron chi connectivity index (χ3n) is 5.49. The second-order valence-corrected chi connectivity index (χ2v) is 8.69. The van der Waals surface area contributed by atoms with Gasteiger partial charge in [0.1, 0.15) is 5.01 Å². The van der Waals surface area contributed by atoms with Crippen LogP contribution in [-0.4, -0.2) is 40.8 Å². The Morgan fingerprint density at radius 2 is 1.77 bits per heavy atom. The molecule has 2 amide bonds. The van der Waals surface area contributed by atoms with Crippen LogP contribution in [0.3, 0.4) is 0 Å². The van der Waals surface area contributed by atoms with Crippen LogP contribution in [0.2, 0.25) is 0 Å². The predicted octanol–water partition coefficient (Wildman–Crippen LogP) is 3.89. The molecule has 0 atom stereocenters. The molecule has 1 aliphatic carbocycles. The highest BCUT2D eigenvalue weighted by molar-refractivity contribution is 7.13. The Balaban J connectivity index is 1.29. The molecular weight excluding hydrogens is 415 g/mol. The van der Waals surface area contributed by atoms with E-state index in [9.17, 15) is 22.8 Å². The van der Waals surface area contributed by atoms with Gasteiger partial charge in [-0.15, -0.1) is 11.3 Å². The molecule has 4 rings (SSSR count). The molecule has 2 aliphatic rings. The van der Waals surface area contributed by atoms with Crippen molar-refractivity contribution in [1.82, 2.24) is 15.2 Å². The number of hydrogen-bond donors (Lipinski definition) is 1. The number of carbonyl (C=O) groups excluding carboxylic acids is 2. The molecule has 2 heterocycles. The SMILES string of the molecule is O=C(NC1CCN(C(=O)Cc2csc(-c3ccc(C(F)(F)F)cc3)n2)CC1)C1CC1. The third-order valence-corrected chi connectivity index (χ3v) is 6.43. The van der Waals surface area contributed by atoms with Crippen LogP contribution in [0.25, 0.3) is 10.6 Å². The molecule has 30 heavy (non-hydrogen) atoms. The molecule has 0 unspecified atom stereocenters. The average Bonchev–Trinajstić information content (AvgIpc) is 3.47. The Morgan fingerprint density at radius 3 is 2.37 bits per heavy atom. The minimum absolute atomic E-state index is 0.0220. The summed E-state index contributed by atoms with van der Waals surface area (Å²) in [5.74, 6) is 0.303. The van der Waals surface area contributed by atoms with Crippen molar-refractivity contribution >= 4 is 23.2 Å². The van der Waals surface area contributed by atoms with E-state index >= 15 is 0 Å². The van der Waals surface area contributed by atoms with Crippen LogP contribution in [0.5, 0.6) is 0 Å². The summed E-state index contributed by atoms with van der Waals surface area (Å²) in [4.78, 5) is 30.7. The summed E-state index contributed by atoms with van der Waals surface area (Å²) in [6.45, 7) is 1.20. The number of alkyl halides is 3. The lowest BCUT2D eigenvalue weighted by atomic mass is 10.0. The van der Waals surface area contributed by atoms with Gasteiger partial charge in [0.05, 0.1) is 17.7 Å². The summed E-state index contributed by atoms with van der Waals surface area (Å²) < 4.78 is 38.1. The number of thiazole rings is 1. The van der Waals surface area contributed by atoms with Gasteiger partial charge < -0.3 is 10.2 Å². The van der Waals surface area contributed by atoms with E-state index in [1.54, 1.807) is 10.3 Å². The van der Waals surface area contributed by atoms with Gasteiger partial charge in [0.15, 0.2) is 0 Å². The molecule has 1 aromatic heterocycles. The molecular formula is C21H22F3N3O2S. The van der Waals surface area contributed by atoms with Gasteiger partial charge in [0, 0.05) is 36.0 Å². The molecule has 0 spiro atoms. The molecule has 2 aromatic rings. The lowest BCUT2D eigenvalue weighted by Crippen LogP contribution is -2.47. The zero-order valence-corrected chi connectivity index (χ0v) is 17.1. The fraction of sp³-hybridized carbons (Fsp3) is 0.476. The summed E-state index contributed by atoms with van der Waals surface area (Å²) >= 11 is 1.31. The van der Waals surface area contributed by atoms with Gasteiger partial charge in [0.25, 0.3) is 0 Å². The van der Waals surface area contributed by atoms with E-state index in [1.165, 1.54) is 23.5 Å². The van der Waals surface area contributed by atoms with Crippen LogP contribution >= 0.6 is 11.3 Å². The molecule has 9 heteroatoms. The van der Waals surface area contributed by atoms with Gasteiger partial charge in [-0.1, -0.05) is 12.1 Å². The zero-order chi connectivity index (χ0) is 21.3. The van der Waals surface area contributed by atoms with Crippen LogP contribution in [0, 0.1) is 5.92 Å². The average molecular weight is 437 g/mol. The number of rotatable bonds is 5. The first-order chi connectivity index (χ1) is 14.3. The fourth-order valence-corrected chi connectivity index (χ4v) is 4.35. The number of nitrogens with one attached hydrogen (secondary N) is 1. The summed E-state index contributed by atoms with van der Waals surface area (Å²) in [6.07, 6.45) is -0.754. The van der Waals surface area contributed by atoms with Crippen molar-refractivity contribution < 1.29 is 22.8 Å². The van der Waals surface area contributed by atoms with Gasteiger partial charge in [-0.05, 0) is 37.8 Å². The highest BCUT2D eigenvalue weighted by atomic mass is 32.1. The van der Waals surface area contributed by atoms with Crippen molar-refractivity contribution in [1.29, 1.82) is 0 Å². The molecule has 0 radical (unpaired) electrons. The molecule has 160 valence electrons. The highest BCUT2D eigenvalue weighted by Gasteiger charge is 2.32. The Bertz CT molecular complexity index is 914. The number of hydrogen-bond acceptors (Lipinski definition) is 4. The maximum atomic E-state index is 12.7. The molecule has 2 fully saturated rings. The van der Waals surface area contributed by atoms with Crippen molar-refractivity contribution in [3.8, 4) is 10.6 Å². The summed E-state index contributed by atoms with van der Waals surface area (Å²) in [7, 11) is 0. The van der Waals surface area contributed by atoms with Crippen molar-refractivity contribution in [3.63, 3.8) is 0 Å². The first kappa shape index (κ1) is 20.8. The summed E-state index contributed by atoms with van der Waals surface area (Å²) in [5, 5.41) is 5.43. The van der Waals surface area contributed by atoms with Gasteiger partial charge in [-0.2, -0.15) is 13.2 Å². The molecule has 1 aliphatic heterocycles. The van der Waals surface area contributed by atoms with Crippen molar-refractivity contribution in [2.75, 3.05) is 13.1 Å². The van der Waals surface area contributed by atoms with E-state index in [0.29, 0.717) is 29.4 Å². The van der Waals surface area contributed by atoms with Gasteiger partial charge >= 0.3 is 6.18 Å². The number of halogens is 3. The number of piperidine rings is 1. The van der Waals surface area contributed by atoms with E-state index in [1.807, 2.05) is 0 Å². The van der Waals surface area contributed by atoms with Gasteiger partial charge in [0.2, 0.25) is 11.8 Å². The summed E-state index contributed by atoms with van der Waals surface area (Å²) in [6, 6.07) is 5.00. The first-order valence-electron chi connectivity index (χ1n) is 10.00. The smallest absolute Gasteiger partial charge is 0.353 e. The predicted molar refractivity (Wildman–Crippen MR) is 107 cm³/mol. The van der Waals surface area contributed by atoms with Gasteiger partial charge in [-0.3, -0.25) is 9.59 Å². The number of carbonyl (C=O) groups is 2. The van der Waals surface area contributed by atoms with Crippen LogP contribution in [-0.2, 0) is 22.2 Å². The molecule has 0 bridgehead atoms. The van der Waals surface area contributed by atoms with Crippen molar-refractivity contribution in [2.45, 2.75) is 44.3 Å². The maximum Gasteiger partial charge on any atom is 0.416 e. The number of amides is 2. The Labute approximate surface area is 176 Å². The molecule has 1 N–H and O–H groups in total. The Kier molecular flexibility index (Phi) is 5.81. The number of likely N-dealkylation sites (tertiary alicyclic amines) is 1. The second-order valence-electron chi connectivity index (χ2n) is 7.83. The maximum absolute atomic E-state index is 12.7. The fourth-order valence-electron chi connectivity index (χ4n) is 3.53. The second kappa shape index (κ2) is 8.37. The van der Waals surface area contributed by atoms with Crippen molar-refractivity contribution in [3.05, 3.63) is 40.9 Å². The largest absolute Gasteiger partial charge is 0.416 e. The summed E-state index contributed by atoms with van der Waals surface area (Å²) in [5.41, 5.74) is 0.512. The van der Waals surface area contributed by atoms with Crippen LogP contribution in [0.1, 0.15) is 36.9 Å². The normalized spacial score (nSPS) is 17.8. The van der Waals surface area contributed by atoms with E-state index < -0.39 is 11.7 Å². The molecule has 5 nitrogen and oxygen atoms in total. The minimum Gasteiger partial charge on any atom is -0.353 e. The van der Waals surface area contributed by atoms with Crippen LogP contribution < -0.4 is 5.32 Å². The van der Waals surface area contributed by atoms with Crippen molar-refractivity contribution in [2.24, 2.45) is 5.92 Å². The first-order valence-corrected chi connectivity index (χ1v) is 10.9. The lowest BCUT2D eigenvalue weighted by Gasteiger charge is -2.32. The van der Waals surface area contributed by atoms with E-state index in [2.05, 4.69) is 10.3 Å². The number of benzene rings is 1. The van der Waals surface area contributed by atoms with Crippen LogP contribution in [0.15, 0.2) is 29.6 Å². The topological polar surface area (TPSA) is 62.3 Å². The third kappa shape index (κ3) is 5.00. The van der Waals surface area contributed by atoms with E-state index in [0.717, 1.165) is 37.8 Å². The quantitative estimate of drug-likeness (QED) is 0.772. The monoisotopic (exact) mass is 437 g/mol. The lowest BCUT2D eigenvalue weighted by molar-refractivity contribution is -0.137. The number of aromatic nitrogens is 1. The molecule has 1 saturated heterocycles. The zero-order valence-electron chi connectivity index (χ0n) is 16.2. The standard InChI is InChI=1S/C21H22F3N3O2S/c22-21(23,24)15-5-3-14(4-6-15)20-26-17(12-30-20)11-18(28)27-9-7-16(8-10-27)25-19(29)13-1-2-13/h3-6,12-13,16H,1-2,7-11H2,(H,25,29). The molecule has 1 aromatic carbocycles. The van der Waals surface area contributed by atoms with E-state index in [-0.39, 0.29) is 30.2 Å². The van der Waals surface area contributed by atoms with E-state index in [4.69, 9.17) is 0 Å². The minimum atomic E-state index is -4.37. The highest BCUT2D eigenvalue weighted by Crippen LogP contribution is 2.32. The Hall–Kier alpha value is -2.42.